The fraction of sp³-hybridized carbons (Fsp3) is 0.182. The van der Waals surface area contributed by atoms with E-state index in [4.69, 9.17) is 0 Å². The number of rotatable bonds is 4. The molecule has 0 fully saturated rings. The molecule has 0 saturated carbocycles. The van der Waals surface area contributed by atoms with Crippen molar-refractivity contribution in [2.24, 2.45) is 0 Å². The van der Waals surface area contributed by atoms with E-state index in [9.17, 15) is 14.4 Å². The second kappa shape index (κ2) is 5.65. The van der Waals surface area contributed by atoms with Crippen LogP contribution in [0.4, 0.5) is 0 Å². The summed E-state index contributed by atoms with van der Waals surface area (Å²) in [5, 5.41) is 0. The van der Waals surface area contributed by atoms with Crippen LogP contribution in [0.3, 0.4) is 0 Å². The summed E-state index contributed by atoms with van der Waals surface area (Å²) in [6, 6.07) is 8.81. The largest absolute Gasteiger partial charge is 0.463 e. The summed E-state index contributed by atoms with van der Waals surface area (Å²) in [7, 11) is 1.02. The molecule has 16 heavy (non-hydrogen) atoms. The van der Waals surface area contributed by atoms with Gasteiger partial charge in [0.25, 0.3) is 0 Å². The third kappa shape index (κ3) is 3.20. The van der Waals surface area contributed by atoms with E-state index in [0.29, 0.717) is 0 Å². The Kier molecular flexibility index (Phi) is 4.20. The van der Waals surface area contributed by atoms with Gasteiger partial charge in [-0.3, -0.25) is 4.79 Å². The highest BCUT2D eigenvalue weighted by atomic mass is 16.6. The number of esters is 2. The van der Waals surface area contributed by atoms with Gasteiger partial charge < -0.3 is 9.47 Å². The topological polar surface area (TPSA) is 69.7 Å². The van der Waals surface area contributed by atoms with Crippen molar-refractivity contribution in [3.8, 4) is 0 Å². The van der Waals surface area contributed by atoms with Gasteiger partial charge in [-0.25, -0.2) is 9.59 Å². The molecule has 0 aromatic heterocycles. The van der Waals surface area contributed by atoms with E-state index in [-0.39, 0.29) is 6.61 Å². The Morgan fingerprint density at radius 2 is 1.69 bits per heavy atom. The Morgan fingerprint density at radius 3 is 2.25 bits per heavy atom. The van der Waals surface area contributed by atoms with Crippen LogP contribution in [-0.2, 0) is 30.5 Å². The third-order valence-corrected chi connectivity index (χ3v) is 1.77. The monoisotopic (exact) mass is 222 g/mol. The van der Waals surface area contributed by atoms with Gasteiger partial charge in [0.05, 0.1) is 7.11 Å². The number of methoxy groups -OCH3 is 1. The molecule has 5 heteroatoms. The molecular formula is C11H10O5. The first-order valence-electron chi connectivity index (χ1n) is 4.48. The van der Waals surface area contributed by atoms with Crippen LogP contribution in [0.5, 0.6) is 0 Å². The van der Waals surface area contributed by atoms with Crippen LogP contribution in [0.25, 0.3) is 0 Å². The van der Waals surface area contributed by atoms with Gasteiger partial charge in [-0.15, -0.1) is 0 Å². The zero-order chi connectivity index (χ0) is 12.0. The Morgan fingerprint density at radius 1 is 1.06 bits per heavy atom. The van der Waals surface area contributed by atoms with Crippen LogP contribution in [-0.4, -0.2) is 24.8 Å². The Hall–Kier alpha value is -2.17. The summed E-state index contributed by atoms with van der Waals surface area (Å²) in [5.74, 6) is -3.74. The fourth-order valence-corrected chi connectivity index (χ4v) is 0.965. The van der Waals surface area contributed by atoms with E-state index in [0.717, 1.165) is 12.7 Å². The lowest BCUT2D eigenvalue weighted by molar-refractivity contribution is -0.163. The SMILES string of the molecule is COC(=O)C(=O)C(=O)OCc1ccccc1. The number of hydrogen-bond donors (Lipinski definition) is 0. The Bertz CT molecular complexity index is 396. The van der Waals surface area contributed by atoms with Gasteiger partial charge >= 0.3 is 17.7 Å². The Balaban J connectivity index is 2.48. The van der Waals surface area contributed by atoms with Crippen molar-refractivity contribution in [1.82, 2.24) is 0 Å². The van der Waals surface area contributed by atoms with Crippen LogP contribution >= 0.6 is 0 Å². The molecule has 0 amide bonds. The van der Waals surface area contributed by atoms with Gasteiger partial charge in [0.2, 0.25) is 0 Å². The highest BCUT2D eigenvalue weighted by Gasteiger charge is 2.25. The number of ketones is 1. The summed E-state index contributed by atoms with van der Waals surface area (Å²) in [4.78, 5) is 32.7. The molecule has 0 aliphatic heterocycles. The molecule has 0 saturated heterocycles. The Labute approximate surface area is 92.0 Å². The van der Waals surface area contributed by atoms with E-state index in [2.05, 4.69) is 9.47 Å². The number of hydrogen-bond acceptors (Lipinski definition) is 5. The smallest absolute Gasteiger partial charge is 0.387 e. The molecule has 84 valence electrons. The highest BCUT2D eigenvalue weighted by Crippen LogP contribution is 2.00. The quantitative estimate of drug-likeness (QED) is 0.421. The maximum atomic E-state index is 11.0. The summed E-state index contributed by atoms with van der Waals surface area (Å²) in [5.41, 5.74) is 0.730. The van der Waals surface area contributed by atoms with Crippen LogP contribution < -0.4 is 0 Å². The molecule has 0 radical (unpaired) electrons. The molecule has 1 rings (SSSR count). The zero-order valence-corrected chi connectivity index (χ0v) is 8.64. The molecule has 0 bridgehead atoms. The lowest BCUT2D eigenvalue weighted by Gasteiger charge is -2.02. The van der Waals surface area contributed by atoms with E-state index in [1.807, 2.05) is 6.07 Å². The van der Waals surface area contributed by atoms with Crippen molar-refractivity contribution >= 4 is 17.7 Å². The summed E-state index contributed by atoms with van der Waals surface area (Å²) < 4.78 is 8.72. The maximum absolute atomic E-state index is 11.0. The number of ether oxygens (including phenoxy) is 2. The molecular weight excluding hydrogens is 212 g/mol. The standard InChI is InChI=1S/C11H10O5/c1-15-10(13)9(12)11(14)16-7-8-5-3-2-4-6-8/h2-6H,7H2,1H3. The van der Waals surface area contributed by atoms with Crippen LogP contribution in [0.2, 0.25) is 0 Å². The first kappa shape index (κ1) is 11.9. The molecule has 0 heterocycles. The lowest BCUT2D eigenvalue weighted by Crippen LogP contribution is -2.26. The zero-order valence-electron chi connectivity index (χ0n) is 8.64. The number of carbonyl (C=O) groups is 3. The molecule has 0 atom stereocenters. The molecule has 0 aliphatic rings. The second-order valence-electron chi connectivity index (χ2n) is 2.88. The number of carbonyl (C=O) groups excluding carboxylic acids is 3. The van der Waals surface area contributed by atoms with Crippen molar-refractivity contribution in [2.45, 2.75) is 6.61 Å². The normalized spacial score (nSPS) is 9.31. The third-order valence-electron chi connectivity index (χ3n) is 1.77. The molecule has 0 spiro atoms. The van der Waals surface area contributed by atoms with Gasteiger partial charge in [0, 0.05) is 0 Å². The minimum atomic E-state index is -1.31. The van der Waals surface area contributed by atoms with Crippen molar-refractivity contribution in [3.05, 3.63) is 35.9 Å². The molecule has 5 nitrogen and oxygen atoms in total. The van der Waals surface area contributed by atoms with E-state index in [1.54, 1.807) is 24.3 Å². The van der Waals surface area contributed by atoms with E-state index in [1.165, 1.54) is 0 Å². The second-order valence-corrected chi connectivity index (χ2v) is 2.88. The molecule has 0 aliphatic carbocycles. The minimum absolute atomic E-state index is 0.0532. The van der Waals surface area contributed by atoms with Crippen molar-refractivity contribution in [3.63, 3.8) is 0 Å². The van der Waals surface area contributed by atoms with Crippen molar-refractivity contribution in [1.29, 1.82) is 0 Å². The summed E-state index contributed by atoms with van der Waals surface area (Å²) in [6.45, 7) is -0.0532. The van der Waals surface area contributed by atoms with E-state index >= 15 is 0 Å². The number of benzene rings is 1. The maximum Gasteiger partial charge on any atom is 0.387 e. The lowest BCUT2D eigenvalue weighted by atomic mass is 10.2. The van der Waals surface area contributed by atoms with Crippen LogP contribution in [0.1, 0.15) is 5.56 Å². The van der Waals surface area contributed by atoms with Crippen LogP contribution in [0.15, 0.2) is 30.3 Å². The molecule has 1 aromatic rings. The van der Waals surface area contributed by atoms with Gasteiger partial charge in [-0.1, -0.05) is 30.3 Å². The van der Waals surface area contributed by atoms with Gasteiger partial charge in [-0.05, 0) is 5.56 Å². The average molecular weight is 222 g/mol. The van der Waals surface area contributed by atoms with E-state index < -0.39 is 17.7 Å². The minimum Gasteiger partial charge on any atom is -0.463 e. The molecule has 0 unspecified atom stereocenters. The number of Topliss-reactive ketones (excluding diaryl/α,β-unsaturated/α-hetero) is 1. The highest BCUT2D eigenvalue weighted by molar-refractivity contribution is 6.60. The first-order chi connectivity index (χ1) is 7.65. The molecule has 1 aromatic carbocycles. The van der Waals surface area contributed by atoms with Gasteiger partial charge in [0.1, 0.15) is 6.61 Å². The summed E-state index contributed by atoms with van der Waals surface area (Å²) in [6.07, 6.45) is 0. The van der Waals surface area contributed by atoms with Crippen molar-refractivity contribution in [2.75, 3.05) is 7.11 Å². The van der Waals surface area contributed by atoms with Crippen LogP contribution in [0, 0.1) is 0 Å². The fourth-order valence-electron chi connectivity index (χ4n) is 0.965. The van der Waals surface area contributed by atoms with Gasteiger partial charge in [0.15, 0.2) is 0 Å². The predicted octanol–water partition coefficient (Wildman–Crippen LogP) is 0.472. The average Bonchev–Trinajstić information content (AvgIpc) is 2.35. The molecule has 0 N–H and O–H groups in total. The predicted molar refractivity (Wildman–Crippen MR) is 53.3 cm³/mol. The first-order valence-corrected chi connectivity index (χ1v) is 4.48. The summed E-state index contributed by atoms with van der Waals surface area (Å²) >= 11 is 0. The van der Waals surface area contributed by atoms with Gasteiger partial charge in [-0.2, -0.15) is 0 Å². The van der Waals surface area contributed by atoms with Crippen molar-refractivity contribution < 1.29 is 23.9 Å².